The first kappa shape index (κ1) is 12.4. The highest BCUT2D eigenvalue weighted by Crippen LogP contribution is 2.32. The number of carbonyl (C=O) groups excluding carboxylic acids is 1. The number of hydrogen-bond acceptors (Lipinski definition) is 2. The molecule has 0 spiro atoms. The predicted octanol–water partition coefficient (Wildman–Crippen LogP) is 3.53. The normalized spacial score (nSPS) is 11.5. The second kappa shape index (κ2) is 4.33. The van der Waals surface area contributed by atoms with Crippen molar-refractivity contribution >= 4 is 22.4 Å². The summed E-state index contributed by atoms with van der Waals surface area (Å²) < 4.78 is 0. The van der Waals surface area contributed by atoms with Gasteiger partial charge in [-0.05, 0) is 17.5 Å². The third kappa shape index (κ3) is 2.30. The number of nitrogens with one attached hydrogen (secondary N) is 1. The molecule has 1 amide bonds. The first-order valence-corrected chi connectivity index (χ1v) is 5.92. The van der Waals surface area contributed by atoms with Crippen molar-refractivity contribution in [2.24, 2.45) is 5.41 Å². The van der Waals surface area contributed by atoms with Crippen molar-refractivity contribution in [3.63, 3.8) is 0 Å². The summed E-state index contributed by atoms with van der Waals surface area (Å²) in [7, 11) is 0. The summed E-state index contributed by atoms with van der Waals surface area (Å²) in [4.78, 5) is 12.0. The third-order valence-corrected chi connectivity index (χ3v) is 2.81. The SMILES string of the molecule is CC(C)(C)C(=O)Nc1cccc2cccc(O)c12. The fourth-order valence-electron chi connectivity index (χ4n) is 1.74. The van der Waals surface area contributed by atoms with Crippen LogP contribution in [0.4, 0.5) is 5.69 Å². The largest absolute Gasteiger partial charge is 0.507 e. The quantitative estimate of drug-likeness (QED) is 0.805. The molecule has 18 heavy (non-hydrogen) atoms. The first-order valence-electron chi connectivity index (χ1n) is 5.92. The molecular formula is C15H17NO2. The first-order chi connectivity index (χ1) is 8.39. The van der Waals surface area contributed by atoms with E-state index >= 15 is 0 Å². The monoisotopic (exact) mass is 243 g/mol. The molecule has 0 aliphatic rings. The Morgan fingerprint density at radius 1 is 1.11 bits per heavy atom. The van der Waals surface area contributed by atoms with Crippen molar-refractivity contribution in [2.45, 2.75) is 20.8 Å². The van der Waals surface area contributed by atoms with E-state index in [4.69, 9.17) is 0 Å². The highest BCUT2D eigenvalue weighted by atomic mass is 16.3. The van der Waals surface area contributed by atoms with Crippen LogP contribution >= 0.6 is 0 Å². The van der Waals surface area contributed by atoms with E-state index in [-0.39, 0.29) is 11.7 Å². The molecular weight excluding hydrogens is 226 g/mol. The maximum absolute atomic E-state index is 12.0. The summed E-state index contributed by atoms with van der Waals surface area (Å²) in [5.41, 5.74) is 0.178. The fraction of sp³-hybridized carbons (Fsp3) is 0.267. The van der Waals surface area contributed by atoms with Gasteiger partial charge in [0.2, 0.25) is 5.91 Å². The Balaban J connectivity index is 2.49. The minimum absolute atomic E-state index is 0.0711. The van der Waals surface area contributed by atoms with Gasteiger partial charge in [0.15, 0.2) is 0 Å². The lowest BCUT2D eigenvalue weighted by molar-refractivity contribution is -0.123. The van der Waals surface area contributed by atoms with Crippen LogP contribution in [0.5, 0.6) is 5.75 Å². The van der Waals surface area contributed by atoms with Gasteiger partial charge >= 0.3 is 0 Å². The Labute approximate surface area is 106 Å². The number of phenolic OH excluding ortho intramolecular Hbond substituents is 1. The molecule has 2 aromatic carbocycles. The molecule has 0 bridgehead atoms. The molecule has 0 heterocycles. The second-order valence-electron chi connectivity index (χ2n) is 5.38. The molecule has 0 saturated heterocycles. The van der Waals surface area contributed by atoms with Crippen LogP contribution in [0.25, 0.3) is 10.8 Å². The van der Waals surface area contributed by atoms with Gasteiger partial charge in [-0.2, -0.15) is 0 Å². The van der Waals surface area contributed by atoms with Crippen LogP contribution in [-0.2, 0) is 4.79 Å². The van der Waals surface area contributed by atoms with Gasteiger partial charge in [0, 0.05) is 10.8 Å². The molecule has 0 aliphatic heterocycles. The summed E-state index contributed by atoms with van der Waals surface area (Å²) in [5.74, 6) is 0.107. The number of benzene rings is 2. The van der Waals surface area contributed by atoms with Crippen LogP contribution in [0.1, 0.15) is 20.8 Å². The fourth-order valence-corrected chi connectivity index (χ4v) is 1.74. The highest BCUT2D eigenvalue weighted by molar-refractivity contribution is 6.06. The van der Waals surface area contributed by atoms with Gasteiger partial charge in [-0.25, -0.2) is 0 Å². The van der Waals surface area contributed by atoms with Crippen molar-refractivity contribution in [2.75, 3.05) is 5.32 Å². The van der Waals surface area contributed by atoms with Crippen LogP contribution in [-0.4, -0.2) is 11.0 Å². The molecule has 94 valence electrons. The van der Waals surface area contributed by atoms with E-state index in [9.17, 15) is 9.90 Å². The molecule has 0 unspecified atom stereocenters. The van der Waals surface area contributed by atoms with Crippen LogP contribution in [0.3, 0.4) is 0 Å². The van der Waals surface area contributed by atoms with Crippen molar-refractivity contribution in [1.82, 2.24) is 0 Å². The Morgan fingerprint density at radius 2 is 1.72 bits per heavy atom. The Morgan fingerprint density at radius 3 is 2.33 bits per heavy atom. The molecule has 0 atom stereocenters. The number of amides is 1. The number of anilines is 1. The zero-order chi connectivity index (χ0) is 13.3. The smallest absolute Gasteiger partial charge is 0.229 e. The van der Waals surface area contributed by atoms with E-state index < -0.39 is 5.41 Å². The standard InChI is InChI=1S/C15H17NO2/c1-15(2,3)14(18)16-11-8-4-6-10-7-5-9-12(17)13(10)11/h4-9,17H,1-3H3,(H,16,18). The summed E-state index contributed by atoms with van der Waals surface area (Å²) >= 11 is 0. The van der Waals surface area contributed by atoms with Gasteiger partial charge in [0.25, 0.3) is 0 Å². The highest BCUT2D eigenvalue weighted by Gasteiger charge is 2.22. The lowest BCUT2D eigenvalue weighted by Gasteiger charge is -2.18. The van der Waals surface area contributed by atoms with E-state index in [1.807, 2.05) is 39.0 Å². The number of fused-ring (bicyclic) bond motifs is 1. The second-order valence-corrected chi connectivity index (χ2v) is 5.38. The zero-order valence-corrected chi connectivity index (χ0v) is 10.8. The number of hydrogen-bond donors (Lipinski definition) is 2. The molecule has 2 rings (SSSR count). The van der Waals surface area contributed by atoms with Gasteiger partial charge in [0.1, 0.15) is 5.75 Å². The average Bonchev–Trinajstić information content (AvgIpc) is 2.28. The third-order valence-electron chi connectivity index (χ3n) is 2.81. The van der Waals surface area contributed by atoms with Crippen molar-refractivity contribution in [1.29, 1.82) is 0 Å². The van der Waals surface area contributed by atoms with Crippen LogP contribution < -0.4 is 5.32 Å². The summed E-state index contributed by atoms with van der Waals surface area (Å²) in [6.45, 7) is 5.56. The lowest BCUT2D eigenvalue weighted by Crippen LogP contribution is -2.27. The predicted molar refractivity (Wildman–Crippen MR) is 73.7 cm³/mol. The molecule has 0 fully saturated rings. The summed E-state index contributed by atoms with van der Waals surface area (Å²) in [6.07, 6.45) is 0. The Hall–Kier alpha value is -2.03. The van der Waals surface area contributed by atoms with E-state index in [1.54, 1.807) is 18.2 Å². The average molecular weight is 243 g/mol. The van der Waals surface area contributed by atoms with E-state index in [1.165, 1.54) is 0 Å². The molecule has 0 aliphatic carbocycles. The zero-order valence-electron chi connectivity index (χ0n) is 10.8. The molecule has 3 nitrogen and oxygen atoms in total. The Bertz CT molecular complexity index is 592. The van der Waals surface area contributed by atoms with E-state index in [2.05, 4.69) is 5.32 Å². The van der Waals surface area contributed by atoms with Gasteiger partial charge in [-0.3, -0.25) is 4.79 Å². The van der Waals surface area contributed by atoms with Gasteiger partial charge < -0.3 is 10.4 Å². The number of rotatable bonds is 1. The maximum atomic E-state index is 12.0. The summed E-state index contributed by atoms with van der Waals surface area (Å²) in [5, 5.41) is 14.4. The van der Waals surface area contributed by atoms with Crippen LogP contribution in [0, 0.1) is 5.41 Å². The number of carbonyl (C=O) groups is 1. The molecule has 3 heteroatoms. The molecule has 2 N–H and O–H groups in total. The minimum Gasteiger partial charge on any atom is -0.507 e. The van der Waals surface area contributed by atoms with Crippen molar-refractivity contribution < 1.29 is 9.90 Å². The Kier molecular flexibility index (Phi) is 2.99. The maximum Gasteiger partial charge on any atom is 0.229 e. The summed E-state index contributed by atoms with van der Waals surface area (Å²) in [6, 6.07) is 10.9. The van der Waals surface area contributed by atoms with Gasteiger partial charge in [-0.15, -0.1) is 0 Å². The van der Waals surface area contributed by atoms with Gasteiger partial charge in [0.05, 0.1) is 5.69 Å². The van der Waals surface area contributed by atoms with E-state index in [0.717, 1.165) is 5.39 Å². The topological polar surface area (TPSA) is 49.3 Å². The lowest BCUT2D eigenvalue weighted by atomic mass is 9.95. The molecule has 0 aromatic heterocycles. The van der Waals surface area contributed by atoms with Crippen LogP contribution in [0.15, 0.2) is 36.4 Å². The minimum atomic E-state index is -0.466. The van der Waals surface area contributed by atoms with Crippen molar-refractivity contribution in [3.05, 3.63) is 36.4 Å². The number of aromatic hydroxyl groups is 1. The van der Waals surface area contributed by atoms with Crippen molar-refractivity contribution in [3.8, 4) is 5.75 Å². The van der Waals surface area contributed by atoms with Gasteiger partial charge in [-0.1, -0.05) is 45.0 Å². The van der Waals surface area contributed by atoms with Crippen LogP contribution in [0.2, 0.25) is 0 Å². The molecule has 0 radical (unpaired) electrons. The number of phenols is 1. The molecule has 2 aromatic rings. The molecule has 0 saturated carbocycles. The van der Waals surface area contributed by atoms with E-state index in [0.29, 0.717) is 11.1 Å².